The van der Waals surface area contributed by atoms with Crippen LogP contribution in [0.5, 0.6) is 0 Å². The molecule has 0 bridgehead atoms. The van der Waals surface area contributed by atoms with Gasteiger partial charge in [-0.3, -0.25) is 29.0 Å². The second-order valence-electron chi connectivity index (χ2n) is 21.5. The number of rotatable bonds is 23. The van der Waals surface area contributed by atoms with Gasteiger partial charge in [0, 0.05) is 32.2 Å². The Morgan fingerprint density at radius 2 is 1.26 bits per heavy atom. The fraction of sp³-hybridized carbons (Fsp3) is 0.323. The average Bonchev–Trinajstić information content (AvgIpc) is 4.03. The van der Waals surface area contributed by atoms with Crippen LogP contribution in [-0.2, 0) is 38.7 Å². The minimum Gasteiger partial charge on any atom is -0.599 e. The van der Waals surface area contributed by atoms with Crippen LogP contribution in [-0.4, -0.2) is 112 Å². The van der Waals surface area contributed by atoms with E-state index in [9.17, 15) is 32.7 Å². The first-order chi connectivity index (χ1) is 41.7. The van der Waals surface area contributed by atoms with E-state index in [4.69, 9.17) is 4.74 Å². The highest BCUT2D eigenvalue weighted by Gasteiger charge is 2.46. The van der Waals surface area contributed by atoms with Crippen LogP contribution < -0.4 is 41.8 Å². The highest BCUT2D eigenvalue weighted by molar-refractivity contribution is 7.89. The number of amides is 7. The van der Waals surface area contributed by atoms with Gasteiger partial charge >= 0.3 is 6.03 Å². The summed E-state index contributed by atoms with van der Waals surface area (Å²) in [6.07, 6.45) is 2.69. The molecule has 6 aromatic rings. The Balaban J connectivity index is 1.01. The molecule has 86 heavy (non-hydrogen) atoms. The monoisotopic (exact) mass is 1180 g/mol. The zero-order chi connectivity index (χ0) is 60.6. The number of hydrazone groups is 1. The van der Waals surface area contributed by atoms with Gasteiger partial charge in [0.25, 0.3) is 5.91 Å². The number of likely N-dealkylation sites (N-methyl/N-ethyl adjacent to an activating group) is 1. The molecule has 1 saturated heterocycles. The molecule has 7 N–H and O–H groups in total. The number of fused-ring (bicyclic) bond motifs is 3. The third-order valence-electron chi connectivity index (χ3n) is 15.8. The molecular formula is C65H71N10O10S-. The fourth-order valence-electron chi connectivity index (χ4n) is 11.6. The Morgan fingerprint density at radius 1 is 0.698 bits per heavy atom. The smallest absolute Gasteiger partial charge is 0.335 e. The van der Waals surface area contributed by atoms with Crippen LogP contribution in [0.15, 0.2) is 185 Å². The number of nitrogens with zero attached hydrogens (tertiary/aromatic N) is 3. The molecule has 1 heterocycles. The summed E-state index contributed by atoms with van der Waals surface area (Å²) in [5, 5.41) is 32.0. The average molecular weight is 1180 g/mol. The number of benzene rings is 6. The second-order valence-corrected chi connectivity index (χ2v) is 23.3. The molecule has 1 saturated carbocycles. The minimum atomic E-state index is -4.21. The van der Waals surface area contributed by atoms with Crippen molar-refractivity contribution in [3.05, 3.63) is 198 Å². The van der Waals surface area contributed by atoms with Crippen LogP contribution in [0.4, 0.5) is 4.79 Å². The number of urea groups is 1. The molecule has 2 fully saturated rings. The number of carbonyl (C=O) groups excluding carboxylic acids is 6. The molecule has 3 aliphatic rings. The van der Waals surface area contributed by atoms with Gasteiger partial charge in [0.2, 0.25) is 33.7 Å². The first-order valence-corrected chi connectivity index (χ1v) is 30.5. The lowest BCUT2D eigenvalue weighted by molar-refractivity contribution is -0.251. The number of ether oxygens (including phenoxy) is 1. The fourth-order valence-corrected chi connectivity index (χ4v) is 12.9. The van der Waals surface area contributed by atoms with E-state index >= 15 is 9.59 Å². The topological polar surface area (TPSA) is 281 Å². The molecule has 6 aromatic carbocycles. The number of hydrogen-bond acceptors (Lipinski definition) is 12. The van der Waals surface area contributed by atoms with Gasteiger partial charge < -0.3 is 41.3 Å². The molecule has 0 spiro atoms. The molecule has 0 radical (unpaired) electrons. The number of carbonyl (C=O) groups is 6. The Kier molecular flexibility index (Phi) is 20.7. The van der Waals surface area contributed by atoms with Gasteiger partial charge in [-0.05, 0) is 82.7 Å². The zero-order valence-electron chi connectivity index (χ0n) is 47.9. The van der Waals surface area contributed by atoms with Gasteiger partial charge in [0.15, 0.2) is 0 Å². The number of likely N-dealkylation sites (tertiary alicyclic amines) is 1. The van der Waals surface area contributed by atoms with Crippen LogP contribution in [0.25, 0.3) is 11.1 Å². The van der Waals surface area contributed by atoms with E-state index in [1.54, 1.807) is 55.5 Å². The highest BCUT2D eigenvalue weighted by atomic mass is 32.2. The lowest BCUT2D eigenvalue weighted by Gasteiger charge is -2.33. The predicted molar refractivity (Wildman–Crippen MR) is 323 cm³/mol. The molecular weight excluding hydrogens is 1110 g/mol. The molecule has 1 unspecified atom stereocenters. The SMILES string of the molecule is CCC[C@H](NC(=O)C1C[C@@H](NS(=O)(=O)c2ccccc2)CN1C(=O)[C@@H](N=C([O-])OCC1c2ccccc2-c2ccccc21)C1CCCCC1)C(=NNC(=O)NC(c1ccccc1)c1ccccc1)C(=O)NCC(=O)N[C@H](C(=O)NC)c1ccccc1. The Labute approximate surface area is 500 Å². The van der Waals surface area contributed by atoms with Crippen molar-refractivity contribution in [2.75, 3.05) is 26.7 Å². The molecule has 1 aliphatic heterocycles. The van der Waals surface area contributed by atoms with Crippen molar-refractivity contribution < 1.29 is 47.0 Å². The molecule has 2 aliphatic carbocycles. The maximum absolute atomic E-state index is 15.4. The maximum Gasteiger partial charge on any atom is 0.335 e. The summed E-state index contributed by atoms with van der Waals surface area (Å²) in [7, 11) is -2.79. The molecule has 21 heteroatoms. The summed E-state index contributed by atoms with van der Waals surface area (Å²) in [6, 6.07) is 42.6. The maximum atomic E-state index is 15.4. The van der Waals surface area contributed by atoms with E-state index in [1.165, 1.54) is 24.1 Å². The summed E-state index contributed by atoms with van der Waals surface area (Å²) in [6.45, 7) is 0.759. The molecule has 0 aromatic heterocycles. The molecule has 5 atom stereocenters. The predicted octanol–water partition coefficient (Wildman–Crippen LogP) is 5.88. The normalized spacial score (nSPS) is 17.3. The first-order valence-electron chi connectivity index (χ1n) is 29.0. The van der Waals surface area contributed by atoms with Crippen LogP contribution in [0.2, 0.25) is 0 Å². The molecule has 9 rings (SSSR count). The summed E-state index contributed by atoms with van der Waals surface area (Å²) in [5.74, 6) is -4.47. The van der Waals surface area contributed by atoms with E-state index in [0.717, 1.165) is 52.6 Å². The largest absolute Gasteiger partial charge is 0.599 e. The van der Waals surface area contributed by atoms with Gasteiger partial charge in [-0.25, -0.2) is 23.4 Å². The quantitative estimate of drug-likeness (QED) is 0.0227. The van der Waals surface area contributed by atoms with Crippen molar-refractivity contribution in [3.8, 4) is 11.1 Å². The van der Waals surface area contributed by atoms with Gasteiger partial charge in [0.1, 0.15) is 29.9 Å². The van der Waals surface area contributed by atoms with Gasteiger partial charge in [0.05, 0.1) is 23.5 Å². The second kappa shape index (κ2) is 29.1. The minimum absolute atomic E-state index is 0.0312. The van der Waals surface area contributed by atoms with Crippen LogP contribution in [0, 0.1) is 5.92 Å². The summed E-state index contributed by atoms with van der Waals surface area (Å²) in [4.78, 5) is 91.6. The van der Waals surface area contributed by atoms with Gasteiger partial charge in [-0.2, -0.15) is 5.10 Å². The first kappa shape index (κ1) is 61.4. The van der Waals surface area contributed by atoms with Crippen molar-refractivity contribution in [1.82, 2.24) is 41.6 Å². The van der Waals surface area contributed by atoms with E-state index in [-0.39, 0.29) is 36.8 Å². The standard InChI is InChI=1S/C65H72N10O10S/c1-3-23-53(59(62(79)67-39-55(76)69-57(61(78)66-2)44-28-13-6-14-29-44)72-73-64(81)70-56(42-24-9-4-10-25-42)43-26-11-5-12-27-43)68-60(77)54-38-46(74-86(83,84)47-32-17-8-18-33-47)40-75(54)63(80)58(45-30-15-7-16-31-45)71-65(82)85-41-52-50-36-21-19-34-48(50)49-35-20-22-37-51(49)52/h4-6,8-14,17-22,24-29,32-37,45-46,52-54,56-58,74H,3,7,15-16,23,30-31,38-41H2,1-2H3,(H,66,78)(H,67,79)(H,68,77)(H,69,76)(H,71,82)(H2,70,73,81)/p-1/t46-,53+,54?,57+,58+/m1/s1. The van der Waals surface area contributed by atoms with Crippen molar-refractivity contribution >= 4 is 57.4 Å². The Morgan fingerprint density at radius 3 is 1.84 bits per heavy atom. The van der Waals surface area contributed by atoms with E-state index in [2.05, 4.69) is 46.8 Å². The molecule has 448 valence electrons. The van der Waals surface area contributed by atoms with Crippen molar-refractivity contribution in [3.63, 3.8) is 0 Å². The summed E-state index contributed by atoms with van der Waals surface area (Å²) in [5.41, 5.74) is 7.99. The number of sulfonamides is 1. The van der Waals surface area contributed by atoms with Crippen molar-refractivity contribution in [1.29, 1.82) is 0 Å². The third-order valence-corrected chi connectivity index (χ3v) is 17.4. The number of aliphatic imine (C=N–C) groups is 1. The van der Waals surface area contributed by atoms with Crippen LogP contribution in [0.3, 0.4) is 0 Å². The zero-order valence-corrected chi connectivity index (χ0v) is 48.7. The Hall–Kier alpha value is -9.21. The number of nitrogens with one attached hydrogen (secondary N) is 7. The highest BCUT2D eigenvalue weighted by Crippen LogP contribution is 2.44. The molecule has 7 amide bonds. The van der Waals surface area contributed by atoms with Crippen molar-refractivity contribution in [2.24, 2.45) is 16.0 Å². The van der Waals surface area contributed by atoms with E-state index in [0.29, 0.717) is 24.8 Å². The van der Waals surface area contributed by atoms with Crippen molar-refractivity contribution in [2.45, 2.75) is 105 Å². The Bertz CT molecular complexity index is 3430. The van der Waals surface area contributed by atoms with Crippen LogP contribution >= 0.6 is 0 Å². The molecule has 20 nitrogen and oxygen atoms in total. The van der Waals surface area contributed by atoms with Crippen LogP contribution in [0.1, 0.15) is 104 Å². The van der Waals surface area contributed by atoms with Gasteiger partial charge in [-0.1, -0.05) is 190 Å². The summed E-state index contributed by atoms with van der Waals surface area (Å²) >= 11 is 0. The lowest BCUT2D eigenvalue weighted by Crippen LogP contribution is -2.56. The van der Waals surface area contributed by atoms with Gasteiger partial charge in [-0.15, -0.1) is 0 Å². The summed E-state index contributed by atoms with van der Waals surface area (Å²) < 4.78 is 36.5. The number of hydrogen-bond donors (Lipinski definition) is 7. The third kappa shape index (κ3) is 15.2. The van der Waals surface area contributed by atoms with E-state index < -0.39 is 106 Å². The lowest BCUT2D eigenvalue weighted by atomic mass is 9.83. The van der Waals surface area contributed by atoms with E-state index in [1.807, 2.05) is 109 Å².